The average Bonchev–Trinajstić information content (AvgIpc) is 2.89. The van der Waals surface area contributed by atoms with Gasteiger partial charge in [0.25, 0.3) is 0 Å². The Balaban J connectivity index is 2.30. The molecule has 112 valence electrons. The normalized spacial score (nSPS) is 11.5. The minimum Gasteiger partial charge on any atom is -0.479 e. The molecule has 6 nitrogen and oxygen atoms in total. The van der Waals surface area contributed by atoms with Crippen molar-refractivity contribution in [3.05, 3.63) is 54.6 Å². The van der Waals surface area contributed by atoms with E-state index >= 15 is 0 Å². The van der Waals surface area contributed by atoms with Crippen molar-refractivity contribution in [2.45, 2.75) is 4.90 Å². The minimum atomic E-state index is -3.96. The summed E-state index contributed by atoms with van der Waals surface area (Å²) < 4.78 is 28.3. The lowest BCUT2D eigenvalue weighted by molar-refractivity contribution is 0.280. The van der Waals surface area contributed by atoms with Gasteiger partial charge in [-0.15, -0.1) is 0 Å². The molecule has 0 unspecified atom stereocenters. The highest BCUT2D eigenvalue weighted by atomic mass is 32.2. The van der Waals surface area contributed by atoms with E-state index in [4.69, 9.17) is 9.66 Å². The van der Waals surface area contributed by atoms with Crippen molar-refractivity contribution in [3.63, 3.8) is 0 Å². The van der Waals surface area contributed by atoms with Gasteiger partial charge in [0.1, 0.15) is 5.69 Å². The van der Waals surface area contributed by atoms with E-state index in [2.05, 4.69) is 5.16 Å². The molecule has 0 saturated carbocycles. The lowest BCUT2D eigenvalue weighted by Crippen LogP contribution is -2.13. The molecule has 0 saturated heterocycles. The summed E-state index contributed by atoms with van der Waals surface area (Å²) in [5, 5.41) is 19.0. The predicted molar refractivity (Wildman–Crippen MR) is 80.4 cm³/mol. The molecule has 0 aliphatic heterocycles. The van der Waals surface area contributed by atoms with Gasteiger partial charge in [0, 0.05) is 11.1 Å². The van der Waals surface area contributed by atoms with Gasteiger partial charge in [0.2, 0.25) is 10.0 Å². The van der Waals surface area contributed by atoms with Crippen molar-refractivity contribution >= 4 is 10.0 Å². The van der Waals surface area contributed by atoms with Crippen molar-refractivity contribution in [2.24, 2.45) is 5.14 Å². The molecule has 1 heterocycles. The van der Waals surface area contributed by atoms with Crippen LogP contribution in [0.2, 0.25) is 0 Å². The topological polar surface area (TPSA) is 106 Å². The van der Waals surface area contributed by atoms with Crippen LogP contribution in [0.3, 0.4) is 0 Å². The molecule has 22 heavy (non-hydrogen) atoms. The van der Waals surface area contributed by atoms with Gasteiger partial charge in [-0.3, -0.25) is 0 Å². The van der Waals surface area contributed by atoms with Crippen LogP contribution in [0.25, 0.3) is 22.4 Å². The monoisotopic (exact) mass is 316 g/mol. The number of nitrogens with two attached hydrogens (primary N) is 1. The number of rotatable bonds is 3. The van der Waals surface area contributed by atoms with Crippen LogP contribution in [0, 0.1) is 0 Å². The second kappa shape index (κ2) is 5.28. The predicted octanol–water partition coefficient (Wildman–Crippen LogP) is 2.36. The molecule has 0 aliphatic carbocycles. The molecule has 0 amide bonds. The molecular formula is C15H12N2O4S. The summed E-state index contributed by atoms with van der Waals surface area (Å²) >= 11 is 0. The van der Waals surface area contributed by atoms with Gasteiger partial charge in [-0.2, -0.15) is 0 Å². The Hall–Kier alpha value is -2.64. The Bertz CT molecular complexity index is 918. The Morgan fingerprint density at radius 2 is 1.64 bits per heavy atom. The number of sulfonamides is 1. The van der Waals surface area contributed by atoms with Gasteiger partial charge < -0.3 is 9.63 Å². The Morgan fingerprint density at radius 1 is 1.00 bits per heavy atom. The minimum absolute atomic E-state index is 0.106. The standard InChI is InChI=1S/C15H12N2O4S/c16-22(19,20)12-9-5-4-8-11(12)13-14(17-21-15(13)18)10-6-2-1-3-7-10/h1-9,18H,(H2,16,19,20). The molecule has 7 heteroatoms. The van der Waals surface area contributed by atoms with Crippen molar-refractivity contribution in [1.82, 2.24) is 5.16 Å². The van der Waals surface area contributed by atoms with E-state index in [1.54, 1.807) is 42.5 Å². The zero-order chi connectivity index (χ0) is 15.7. The lowest BCUT2D eigenvalue weighted by Gasteiger charge is -2.07. The second-order valence-corrected chi connectivity index (χ2v) is 6.15. The van der Waals surface area contributed by atoms with E-state index in [-0.39, 0.29) is 16.0 Å². The Morgan fingerprint density at radius 3 is 2.32 bits per heavy atom. The highest BCUT2D eigenvalue weighted by Gasteiger charge is 2.24. The van der Waals surface area contributed by atoms with Crippen molar-refractivity contribution in [2.75, 3.05) is 0 Å². The van der Waals surface area contributed by atoms with E-state index in [0.29, 0.717) is 11.3 Å². The molecule has 0 aliphatic rings. The molecule has 0 fully saturated rings. The first kappa shape index (κ1) is 14.3. The van der Waals surface area contributed by atoms with Crippen LogP contribution >= 0.6 is 0 Å². The maximum Gasteiger partial charge on any atom is 0.317 e. The van der Waals surface area contributed by atoms with E-state index in [1.807, 2.05) is 6.07 Å². The first-order valence-electron chi connectivity index (χ1n) is 6.35. The van der Waals surface area contributed by atoms with Gasteiger partial charge in [-0.05, 0) is 6.07 Å². The highest BCUT2D eigenvalue weighted by molar-refractivity contribution is 7.89. The summed E-state index contributed by atoms with van der Waals surface area (Å²) in [4.78, 5) is -0.106. The Labute approximate surface area is 126 Å². The molecular weight excluding hydrogens is 304 g/mol. The first-order valence-corrected chi connectivity index (χ1v) is 7.89. The van der Waals surface area contributed by atoms with Crippen molar-refractivity contribution < 1.29 is 18.0 Å². The number of benzene rings is 2. The molecule has 0 radical (unpaired) electrons. The number of aromatic hydroxyl groups is 1. The summed E-state index contributed by atoms with van der Waals surface area (Å²) in [6.07, 6.45) is 0. The molecule has 0 atom stereocenters. The number of primary sulfonamides is 1. The van der Waals surface area contributed by atoms with Crippen molar-refractivity contribution in [3.8, 4) is 28.3 Å². The molecule has 1 aromatic heterocycles. The molecule has 2 aromatic carbocycles. The molecule has 3 rings (SSSR count). The molecule has 0 spiro atoms. The van der Waals surface area contributed by atoms with Gasteiger partial charge in [-0.1, -0.05) is 53.7 Å². The summed E-state index contributed by atoms with van der Waals surface area (Å²) in [5.74, 6) is -0.463. The van der Waals surface area contributed by atoms with Crippen molar-refractivity contribution in [1.29, 1.82) is 0 Å². The Kier molecular flexibility index (Phi) is 3.44. The number of hydrogen-bond donors (Lipinski definition) is 2. The molecule has 0 bridgehead atoms. The quantitative estimate of drug-likeness (QED) is 0.771. The van der Waals surface area contributed by atoms with Crippen LogP contribution in [-0.2, 0) is 10.0 Å². The fourth-order valence-corrected chi connectivity index (χ4v) is 2.98. The third kappa shape index (κ3) is 2.47. The lowest BCUT2D eigenvalue weighted by atomic mass is 10.0. The SMILES string of the molecule is NS(=O)(=O)c1ccccc1-c1c(-c2ccccc2)noc1O. The largest absolute Gasteiger partial charge is 0.479 e. The summed E-state index contributed by atoms with van der Waals surface area (Å²) in [5.41, 5.74) is 1.46. The van der Waals surface area contributed by atoms with Gasteiger partial charge >= 0.3 is 5.95 Å². The molecule has 3 aromatic rings. The zero-order valence-corrected chi connectivity index (χ0v) is 12.1. The fourth-order valence-electron chi connectivity index (χ4n) is 2.24. The van der Waals surface area contributed by atoms with Gasteiger partial charge in [-0.25, -0.2) is 13.6 Å². The highest BCUT2D eigenvalue weighted by Crippen LogP contribution is 2.40. The summed E-state index contributed by atoms with van der Waals surface area (Å²) in [7, 11) is -3.96. The van der Waals surface area contributed by atoms with Crippen LogP contribution in [0.5, 0.6) is 5.95 Å². The number of aromatic nitrogens is 1. The summed E-state index contributed by atoms with van der Waals surface area (Å²) in [6, 6.07) is 15.1. The maximum absolute atomic E-state index is 11.8. The van der Waals surface area contributed by atoms with Gasteiger partial charge in [0.05, 0.1) is 10.5 Å². The van der Waals surface area contributed by atoms with Crippen LogP contribution in [0.1, 0.15) is 0 Å². The van der Waals surface area contributed by atoms with Gasteiger partial charge in [0.15, 0.2) is 0 Å². The molecule has 3 N–H and O–H groups in total. The van der Waals surface area contributed by atoms with Crippen LogP contribution in [0.15, 0.2) is 64.0 Å². The van der Waals surface area contributed by atoms with Crippen LogP contribution in [0.4, 0.5) is 0 Å². The smallest absolute Gasteiger partial charge is 0.317 e. The van der Waals surface area contributed by atoms with E-state index in [0.717, 1.165) is 0 Å². The first-order chi connectivity index (χ1) is 10.5. The maximum atomic E-state index is 11.8. The third-order valence-corrected chi connectivity index (χ3v) is 4.15. The van der Waals surface area contributed by atoms with E-state index in [9.17, 15) is 13.5 Å². The third-order valence-electron chi connectivity index (χ3n) is 3.18. The number of hydrogen-bond acceptors (Lipinski definition) is 5. The van der Waals surface area contributed by atoms with Crippen LogP contribution in [-0.4, -0.2) is 18.7 Å². The summed E-state index contributed by atoms with van der Waals surface area (Å²) in [6.45, 7) is 0. The zero-order valence-electron chi connectivity index (χ0n) is 11.3. The number of nitrogens with zero attached hydrogens (tertiary/aromatic N) is 1. The second-order valence-electron chi connectivity index (χ2n) is 4.62. The van der Waals surface area contributed by atoms with Crippen LogP contribution < -0.4 is 5.14 Å². The van der Waals surface area contributed by atoms with E-state index in [1.165, 1.54) is 6.07 Å². The average molecular weight is 316 g/mol. The van der Waals surface area contributed by atoms with E-state index < -0.39 is 16.0 Å². The fraction of sp³-hybridized carbons (Fsp3) is 0.